The molecule has 6 heteroatoms. The quantitative estimate of drug-likeness (QED) is 0.590. The van der Waals surface area contributed by atoms with E-state index in [2.05, 4.69) is 13.8 Å². The van der Waals surface area contributed by atoms with Crippen LogP contribution in [-0.4, -0.2) is 41.6 Å². The second-order valence-corrected chi connectivity index (χ2v) is 9.51. The van der Waals surface area contributed by atoms with Gasteiger partial charge in [-0.3, -0.25) is 4.79 Å². The zero-order valence-electron chi connectivity index (χ0n) is 19.5. The van der Waals surface area contributed by atoms with E-state index in [4.69, 9.17) is 9.47 Å². The number of hydrogen-bond donors (Lipinski definition) is 0. The van der Waals surface area contributed by atoms with Gasteiger partial charge in [-0.2, -0.15) is 0 Å². The average molecular weight is 430 g/mol. The molecule has 0 saturated carbocycles. The molecule has 0 bridgehead atoms. The number of hydrogen-bond acceptors (Lipinski definition) is 5. The van der Waals surface area contributed by atoms with Crippen molar-refractivity contribution in [1.29, 1.82) is 0 Å². The standard InChI is InChI=1S/C25H35NO5/c1-17(2)15-19-16-21(23(28)30-6)26(24(29)31-25(3,4)5)22(27)20(19)14-10-13-18-11-8-7-9-12-18/h7-13,17,19-21H,14-16H2,1-6H3/b13-10+/t19-,20+,21+/m0/s1. The fraction of sp³-hybridized carbons (Fsp3) is 0.560. The first-order chi connectivity index (χ1) is 14.5. The molecule has 0 aromatic heterocycles. The summed E-state index contributed by atoms with van der Waals surface area (Å²) >= 11 is 0. The minimum atomic E-state index is -0.967. The highest BCUT2D eigenvalue weighted by atomic mass is 16.6. The molecule has 2 rings (SSSR count). The number of piperidine rings is 1. The number of allylic oxidation sites excluding steroid dienone is 1. The Labute approximate surface area is 185 Å². The van der Waals surface area contributed by atoms with Gasteiger partial charge in [-0.1, -0.05) is 56.3 Å². The maximum atomic E-state index is 13.5. The Morgan fingerprint density at radius 3 is 2.39 bits per heavy atom. The lowest BCUT2D eigenvalue weighted by atomic mass is 9.75. The molecule has 0 aliphatic carbocycles. The van der Waals surface area contributed by atoms with Gasteiger partial charge in [0, 0.05) is 5.92 Å². The molecule has 1 aliphatic heterocycles. The smallest absolute Gasteiger partial charge is 0.417 e. The number of esters is 1. The number of rotatable bonds is 6. The molecule has 0 spiro atoms. The minimum Gasteiger partial charge on any atom is -0.467 e. The number of methoxy groups -OCH3 is 1. The molecule has 1 aromatic carbocycles. The first kappa shape index (κ1) is 24.6. The van der Waals surface area contributed by atoms with Gasteiger partial charge in [-0.25, -0.2) is 14.5 Å². The molecule has 1 aliphatic rings. The summed E-state index contributed by atoms with van der Waals surface area (Å²) < 4.78 is 10.4. The topological polar surface area (TPSA) is 72.9 Å². The molecular weight excluding hydrogens is 394 g/mol. The Morgan fingerprint density at radius 2 is 1.84 bits per heavy atom. The molecule has 3 atom stereocenters. The van der Waals surface area contributed by atoms with Crippen LogP contribution in [0.2, 0.25) is 0 Å². The van der Waals surface area contributed by atoms with Gasteiger partial charge in [-0.05, 0) is 57.4 Å². The van der Waals surface area contributed by atoms with Crippen molar-refractivity contribution in [3.05, 3.63) is 42.0 Å². The van der Waals surface area contributed by atoms with Crippen LogP contribution in [-0.2, 0) is 19.1 Å². The third-order valence-corrected chi connectivity index (χ3v) is 5.30. The highest BCUT2D eigenvalue weighted by Gasteiger charge is 2.48. The van der Waals surface area contributed by atoms with Crippen LogP contribution in [0.15, 0.2) is 36.4 Å². The van der Waals surface area contributed by atoms with Gasteiger partial charge in [0.2, 0.25) is 5.91 Å². The fourth-order valence-corrected chi connectivity index (χ4v) is 4.03. The number of amides is 2. The minimum absolute atomic E-state index is 0.0317. The van der Waals surface area contributed by atoms with Crippen LogP contribution in [0.4, 0.5) is 4.79 Å². The zero-order valence-corrected chi connectivity index (χ0v) is 19.5. The molecule has 1 saturated heterocycles. The van der Waals surface area contributed by atoms with Crippen LogP contribution in [0.5, 0.6) is 0 Å². The highest BCUT2D eigenvalue weighted by Crippen LogP contribution is 2.37. The number of likely N-dealkylation sites (tertiary alicyclic amines) is 1. The second-order valence-electron chi connectivity index (χ2n) is 9.51. The van der Waals surface area contributed by atoms with Crippen molar-refractivity contribution < 1.29 is 23.9 Å². The summed E-state index contributed by atoms with van der Waals surface area (Å²) in [6.45, 7) is 9.37. The second kappa shape index (κ2) is 10.6. The number of carbonyl (C=O) groups excluding carboxylic acids is 3. The van der Waals surface area contributed by atoms with Crippen molar-refractivity contribution in [1.82, 2.24) is 4.90 Å². The number of benzene rings is 1. The molecule has 170 valence electrons. The van der Waals surface area contributed by atoms with Gasteiger partial charge in [0.05, 0.1) is 7.11 Å². The van der Waals surface area contributed by atoms with Crippen LogP contribution in [0.1, 0.15) is 59.4 Å². The third-order valence-electron chi connectivity index (χ3n) is 5.30. The predicted octanol–water partition coefficient (Wildman–Crippen LogP) is 5.08. The number of imide groups is 1. The van der Waals surface area contributed by atoms with Crippen LogP contribution < -0.4 is 0 Å². The summed E-state index contributed by atoms with van der Waals surface area (Å²) in [7, 11) is 1.27. The third kappa shape index (κ3) is 6.94. The van der Waals surface area contributed by atoms with E-state index in [0.29, 0.717) is 18.8 Å². The first-order valence-electron chi connectivity index (χ1n) is 10.9. The highest BCUT2D eigenvalue weighted by molar-refractivity contribution is 5.99. The summed E-state index contributed by atoms with van der Waals surface area (Å²) in [5.74, 6) is -1.05. The first-order valence-corrected chi connectivity index (χ1v) is 10.9. The van der Waals surface area contributed by atoms with Crippen LogP contribution >= 0.6 is 0 Å². The lowest BCUT2D eigenvalue weighted by Crippen LogP contribution is -2.58. The summed E-state index contributed by atoms with van der Waals surface area (Å²) in [5, 5.41) is 0. The molecule has 2 amide bonds. The maximum Gasteiger partial charge on any atom is 0.417 e. The number of carbonyl (C=O) groups is 3. The Bertz CT molecular complexity index is 794. The van der Waals surface area contributed by atoms with Gasteiger partial charge in [0.25, 0.3) is 0 Å². The van der Waals surface area contributed by atoms with Crippen molar-refractivity contribution >= 4 is 24.0 Å². The van der Waals surface area contributed by atoms with Crippen LogP contribution in [0, 0.1) is 17.8 Å². The van der Waals surface area contributed by atoms with Crippen molar-refractivity contribution in [2.45, 2.75) is 65.5 Å². The van der Waals surface area contributed by atoms with Gasteiger partial charge in [0.1, 0.15) is 11.6 Å². The summed E-state index contributed by atoms with van der Waals surface area (Å²) in [4.78, 5) is 39.9. The average Bonchev–Trinajstić information content (AvgIpc) is 2.68. The summed E-state index contributed by atoms with van der Waals surface area (Å²) in [6.07, 6.45) is 4.79. The lowest BCUT2D eigenvalue weighted by Gasteiger charge is -2.41. The van der Waals surface area contributed by atoms with E-state index < -0.39 is 29.6 Å². The molecule has 1 heterocycles. The Hall–Kier alpha value is -2.63. The summed E-state index contributed by atoms with van der Waals surface area (Å²) in [6, 6.07) is 8.88. The van der Waals surface area contributed by atoms with E-state index in [1.54, 1.807) is 20.8 Å². The van der Waals surface area contributed by atoms with Gasteiger partial charge in [-0.15, -0.1) is 0 Å². The van der Waals surface area contributed by atoms with Gasteiger partial charge < -0.3 is 9.47 Å². The van der Waals surface area contributed by atoms with E-state index >= 15 is 0 Å². The molecule has 0 N–H and O–H groups in total. The maximum absolute atomic E-state index is 13.5. The van der Waals surface area contributed by atoms with Crippen LogP contribution in [0.3, 0.4) is 0 Å². The van der Waals surface area contributed by atoms with E-state index in [9.17, 15) is 14.4 Å². The van der Waals surface area contributed by atoms with Crippen molar-refractivity contribution in [3.63, 3.8) is 0 Å². The Balaban J connectivity index is 2.33. The van der Waals surface area contributed by atoms with Crippen molar-refractivity contribution in [2.24, 2.45) is 17.8 Å². The molecule has 1 aromatic rings. The van der Waals surface area contributed by atoms with E-state index in [-0.39, 0.29) is 11.8 Å². The van der Waals surface area contributed by atoms with Crippen molar-refractivity contribution in [3.8, 4) is 0 Å². The van der Waals surface area contributed by atoms with Crippen molar-refractivity contribution in [2.75, 3.05) is 7.11 Å². The van der Waals surface area contributed by atoms with Gasteiger partial charge >= 0.3 is 12.1 Å². The lowest BCUT2D eigenvalue weighted by molar-refractivity contribution is -0.159. The van der Waals surface area contributed by atoms with E-state index in [0.717, 1.165) is 16.9 Å². The molecule has 1 fully saturated rings. The zero-order chi connectivity index (χ0) is 23.2. The molecular formula is C25H35NO5. The Morgan fingerprint density at radius 1 is 1.19 bits per heavy atom. The predicted molar refractivity (Wildman–Crippen MR) is 120 cm³/mol. The molecule has 31 heavy (non-hydrogen) atoms. The number of nitrogens with zero attached hydrogens (tertiary/aromatic N) is 1. The monoisotopic (exact) mass is 429 g/mol. The van der Waals surface area contributed by atoms with E-state index in [1.165, 1.54) is 7.11 Å². The number of ether oxygens (including phenoxy) is 2. The summed E-state index contributed by atoms with van der Waals surface area (Å²) in [5.41, 5.74) is 0.262. The normalized spacial score (nSPS) is 22.1. The van der Waals surface area contributed by atoms with E-state index in [1.807, 2.05) is 42.5 Å². The van der Waals surface area contributed by atoms with Crippen LogP contribution in [0.25, 0.3) is 6.08 Å². The SMILES string of the molecule is COC(=O)[C@H]1C[C@H](CC(C)C)[C@@H](C/C=C/c2ccccc2)C(=O)N1C(=O)OC(C)(C)C. The molecule has 6 nitrogen and oxygen atoms in total. The molecule has 0 unspecified atom stereocenters. The van der Waals surface area contributed by atoms with Gasteiger partial charge in [0.15, 0.2) is 0 Å². The fourth-order valence-electron chi connectivity index (χ4n) is 4.03. The molecule has 0 radical (unpaired) electrons. The Kier molecular flexibility index (Phi) is 8.43. The largest absolute Gasteiger partial charge is 0.467 e.